The van der Waals surface area contributed by atoms with Crippen LogP contribution in [0.5, 0.6) is 0 Å². The molecule has 92 valence electrons. The van der Waals surface area contributed by atoms with Gasteiger partial charge in [0.25, 0.3) is 11.1 Å². The molecule has 2 aromatic rings. The van der Waals surface area contributed by atoms with E-state index in [1.165, 1.54) is 4.68 Å². The Morgan fingerprint density at radius 3 is 2.61 bits per heavy atom. The van der Waals surface area contributed by atoms with Crippen LogP contribution < -0.4 is 11.1 Å². The lowest BCUT2D eigenvalue weighted by atomic mass is 10.2. The molecule has 1 aromatic heterocycles. The number of hydrogen-bond donors (Lipinski definition) is 1. The van der Waals surface area contributed by atoms with Gasteiger partial charge in [-0.05, 0) is 24.6 Å². The molecule has 5 nitrogen and oxygen atoms in total. The van der Waals surface area contributed by atoms with Crippen LogP contribution in [-0.4, -0.2) is 16.1 Å². The third-order valence-electron chi connectivity index (χ3n) is 2.67. The van der Waals surface area contributed by atoms with Crippen LogP contribution in [0.1, 0.15) is 6.92 Å². The molecule has 0 spiro atoms. The Kier molecular flexibility index (Phi) is 3.23. The van der Waals surface area contributed by atoms with E-state index >= 15 is 0 Å². The number of carbonyl (C=O) groups is 1. The molecule has 0 atom stereocenters. The monoisotopic (exact) mass is 244 g/mol. The van der Waals surface area contributed by atoms with E-state index in [0.717, 1.165) is 0 Å². The summed E-state index contributed by atoms with van der Waals surface area (Å²) in [6, 6.07) is 6.63. The van der Waals surface area contributed by atoms with Gasteiger partial charge < -0.3 is 0 Å². The predicted molar refractivity (Wildman–Crippen MR) is 68.6 cm³/mol. The lowest BCUT2D eigenvalue weighted by Gasteiger charge is -2.04. The van der Waals surface area contributed by atoms with Crippen molar-refractivity contribution in [3.63, 3.8) is 0 Å². The van der Waals surface area contributed by atoms with Crippen LogP contribution >= 0.6 is 0 Å². The number of H-pyrrole nitrogens is 1. The smallest absolute Gasteiger partial charge is 0.273 e. The summed E-state index contributed by atoms with van der Waals surface area (Å²) < 4.78 is 1.19. The van der Waals surface area contributed by atoms with Gasteiger partial charge in [0.2, 0.25) is 0 Å². The third kappa shape index (κ3) is 2.15. The van der Waals surface area contributed by atoms with Crippen LogP contribution in [0.25, 0.3) is 10.8 Å². The average molecular weight is 244 g/mol. The molecule has 0 aliphatic rings. The van der Waals surface area contributed by atoms with Gasteiger partial charge in [0.05, 0.1) is 17.3 Å². The van der Waals surface area contributed by atoms with Gasteiger partial charge in [0.1, 0.15) is 6.29 Å². The number of fused-ring (bicyclic) bond motifs is 1. The Morgan fingerprint density at radius 2 is 1.94 bits per heavy atom. The molecule has 0 unspecified atom stereocenters. The number of hydrogen-bond acceptors (Lipinski definition) is 3. The van der Waals surface area contributed by atoms with Gasteiger partial charge in [-0.2, -0.15) is 0 Å². The number of nitrogens with zero attached hydrogens (tertiary/aromatic N) is 1. The van der Waals surface area contributed by atoms with E-state index in [1.807, 2.05) is 0 Å². The quantitative estimate of drug-likeness (QED) is 0.642. The first kappa shape index (κ1) is 12.0. The molecule has 18 heavy (non-hydrogen) atoms. The second kappa shape index (κ2) is 4.83. The van der Waals surface area contributed by atoms with E-state index in [2.05, 4.69) is 5.10 Å². The number of rotatable bonds is 3. The zero-order chi connectivity index (χ0) is 13.1. The minimum Gasteiger partial charge on any atom is -0.298 e. The molecule has 0 aliphatic carbocycles. The van der Waals surface area contributed by atoms with Crippen molar-refractivity contribution in [2.45, 2.75) is 13.5 Å². The molecule has 0 bridgehead atoms. The molecule has 1 N–H and O–H groups in total. The second-order valence-electron chi connectivity index (χ2n) is 3.97. The highest BCUT2D eigenvalue weighted by atomic mass is 16.2. The summed E-state index contributed by atoms with van der Waals surface area (Å²) >= 11 is 0. The van der Waals surface area contributed by atoms with Crippen molar-refractivity contribution < 1.29 is 4.79 Å². The topological polar surface area (TPSA) is 71.9 Å². The maximum Gasteiger partial charge on any atom is 0.273 e. The molecule has 0 saturated heterocycles. The Labute approximate surface area is 102 Å². The molecule has 1 heterocycles. The molecule has 0 amide bonds. The van der Waals surface area contributed by atoms with Crippen LogP contribution in [0.3, 0.4) is 0 Å². The van der Waals surface area contributed by atoms with Gasteiger partial charge in [-0.25, -0.2) is 4.68 Å². The van der Waals surface area contributed by atoms with Gasteiger partial charge in [-0.15, -0.1) is 0 Å². The van der Waals surface area contributed by atoms with Crippen molar-refractivity contribution in [1.29, 1.82) is 0 Å². The molecule has 0 radical (unpaired) electrons. The number of carbonyl (C=O) groups excluding carboxylic acids is 1. The molecule has 0 fully saturated rings. The standard InChI is InChI=1S/C13H12N2O3/c1-9(8-16)6-7-15-13(18)11-5-3-2-4-10(11)12(17)14-15/h2-6,8H,7H2,1H3,(H,14,17)/b9-6+. The maximum absolute atomic E-state index is 12.1. The maximum atomic E-state index is 12.1. The van der Waals surface area contributed by atoms with Crippen LogP contribution in [0.4, 0.5) is 0 Å². The fraction of sp³-hybridized carbons (Fsp3) is 0.154. The minimum atomic E-state index is -0.317. The first-order chi connectivity index (χ1) is 8.63. The van der Waals surface area contributed by atoms with Gasteiger partial charge in [0.15, 0.2) is 0 Å². The summed E-state index contributed by atoms with van der Waals surface area (Å²) in [5.41, 5.74) is -0.0848. The van der Waals surface area contributed by atoms with E-state index in [0.29, 0.717) is 22.6 Å². The number of aromatic nitrogens is 2. The number of benzene rings is 1. The van der Waals surface area contributed by atoms with Crippen molar-refractivity contribution >= 4 is 17.1 Å². The molecule has 0 saturated carbocycles. The lowest BCUT2D eigenvalue weighted by molar-refractivity contribution is -0.104. The normalized spacial score (nSPS) is 11.7. The lowest BCUT2D eigenvalue weighted by Crippen LogP contribution is -2.29. The van der Waals surface area contributed by atoms with Crippen LogP contribution in [-0.2, 0) is 11.3 Å². The number of allylic oxidation sites excluding steroid dienone is 2. The van der Waals surface area contributed by atoms with Gasteiger partial charge >= 0.3 is 0 Å². The molecular formula is C13H12N2O3. The second-order valence-corrected chi connectivity index (χ2v) is 3.97. The summed E-state index contributed by atoms with van der Waals surface area (Å²) in [5.74, 6) is 0. The zero-order valence-electron chi connectivity index (χ0n) is 9.84. The number of aldehydes is 1. The van der Waals surface area contributed by atoms with Crippen molar-refractivity contribution in [3.8, 4) is 0 Å². The minimum absolute atomic E-state index is 0.170. The summed E-state index contributed by atoms with van der Waals surface area (Å²) in [7, 11) is 0. The highest BCUT2D eigenvalue weighted by Crippen LogP contribution is 2.02. The van der Waals surface area contributed by atoms with E-state index in [1.54, 1.807) is 37.3 Å². The highest BCUT2D eigenvalue weighted by Gasteiger charge is 2.05. The van der Waals surface area contributed by atoms with Crippen molar-refractivity contribution in [1.82, 2.24) is 9.78 Å². The van der Waals surface area contributed by atoms with Crippen LogP contribution in [0.2, 0.25) is 0 Å². The molecule has 5 heteroatoms. The number of nitrogens with one attached hydrogen (secondary N) is 1. The summed E-state index contributed by atoms with van der Waals surface area (Å²) in [6.45, 7) is 1.81. The largest absolute Gasteiger partial charge is 0.298 e. The Bertz CT molecular complexity index is 738. The van der Waals surface area contributed by atoms with Gasteiger partial charge in [0, 0.05) is 0 Å². The van der Waals surface area contributed by atoms with E-state index in [4.69, 9.17) is 0 Å². The van der Waals surface area contributed by atoms with Gasteiger partial charge in [-0.3, -0.25) is 19.5 Å². The first-order valence-corrected chi connectivity index (χ1v) is 5.47. The molecule has 1 aromatic carbocycles. The van der Waals surface area contributed by atoms with Gasteiger partial charge in [-0.1, -0.05) is 18.2 Å². The fourth-order valence-electron chi connectivity index (χ4n) is 1.66. The first-order valence-electron chi connectivity index (χ1n) is 5.47. The van der Waals surface area contributed by atoms with Crippen molar-refractivity contribution in [3.05, 3.63) is 56.6 Å². The van der Waals surface area contributed by atoms with Crippen LogP contribution in [0, 0.1) is 0 Å². The molecule has 0 aliphatic heterocycles. The fourth-order valence-corrected chi connectivity index (χ4v) is 1.66. The van der Waals surface area contributed by atoms with Crippen LogP contribution in [0.15, 0.2) is 45.5 Å². The summed E-state index contributed by atoms with van der Waals surface area (Å²) in [5, 5.41) is 3.23. The third-order valence-corrected chi connectivity index (χ3v) is 2.67. The average Bonchev–Trinajstić information content (AvgIpc) is 2.41. The summed E-state index contributed by atoms with van der Waals surface area (Å²) in [6.07, 6.45) is 2.28. The Hall–Kier alpha value is -2.43. The molecular weight excluding hydrogens is 232 g/mol. The molecule has 2 rings (SSSR count). The van der Waals surface area contributed by atoms with E-state index < -0.39 is 0 Å². The van der Waals surface area contributed by atoms with Crippen molar-refractivity contribution in [2.24, 2.45) is 0 Å². The Balaban J connectivity index is 2.60. The van der Waals surface area contributed by atoms with Crippen molar-refractivity contribution in [2.75, 3.05) is 0 Å². The zero-order valence-corrected chi connectivity index (χ0v) is 9.84. The SMILES string of the molecule is C/C(C=O)=C\Cn1[nH]c(=O)c2ccccc2c1=O. The number of aromatic amines is 1. The highest BCUT2D eigenvalue weighted by molar-refractivity contribution is 5.80. The Morgan fingerprint density at radius 1 is 1.28 bits per heavy atom. The predicted octanol–water partition coefficient (Wildman–Crippen LogP) is 0.835. The van der Waals surface area contributed by atoms with E-state index in [-0.39, 0.29) is 17.7 Å². The van der Waals surface area contributed by atoms with E-state index in [9.17, 15) is 14.4 Å². The summed E-state index contributed by atoms with van der Waals surface area (Å²) in [4.78, 5) is 34.3.